The molecule has 0 N–H and O–H groups in total. The summed E-state index contributed by atoms with van der Waals surface area (Å²) in [6, 6.07) is 0. The highest BCUT2D eigenvalue weighted by molar-refractivity contribution is 9.09. The predicted molar refractivity (Wildman–Crippen MR) is 59.8 cm³/mol. The predicted octanol–water partition coefficient (Wildman–Crippen LogP) is 2.75. The fourth-order valence-corrected chi connectivity index (χ4v) is 2.91. The molecule has 82 valence electrons. The quantitative estimate of drug-likeness (QED) is 0.729. The minimum atomic E-state index is 0.539. The van der Waals surface area contributed by atoms with Gasteiger partial charge in [-0.2, -0.15) is 0 Å². The Bertz CT molecular complexity index is 169. The standard InChI is InChI=1S/C11H19BrO2/c12-11-5-7-13-8-9(11)3-4-10-2-1-6-14-10/h9-11H,1-8H2. The summed E-state index contributed by atoms with van der Waals surface area (Å²) in [6.45, 7) is 2.83. The molecule has 0 radical (unpaired) electrons. The molecule has 2 heterocycles. The molecule has 0 saturated carbocycles. The van der Waals surface area contributed by atoms with Crippen molar-refractivity contribution < 1.29 is 9.47 Å². The Kier molecular flexibility index (Phi) is 4.26. The first-order valence-electron chi connectivity index (χ1n) is 5.69. The van der Waals surface area contributed by atoms with E-state index in [1.165, 1.54) is 25.7 Å². The molecule has 2 saturated heterocycles. The van der Waals surface area contributed by atoms with Crippen molar-refractivity contribution in [2.45, 2.75) is 43.0 Å². The molecule has 2 rings (SSSR count). The highest BCUT2D eigenvalue weighted by atomic mass is 79.9. The number of ether oxygens (including phenoxy) is 2. The van der Waals surface area contributed by atoms with Crippen molar-refractivity contribution in [3.8, 4) is 0 Å². The van der Waals surface area contributed by atoms with Crippen molar-refractivity contribution in [2.75, 3.05) is 19.8 Å². The van der Waals surface area contributed by atoms with Crippen LogP contribution in [0, 0.1) is 5.92 Å². The molecular formula is C11H19BrO2. The molecule has 0 aromatic rings. The molecule has 2 aliphatic rings. The number of hydrogen-bond donors (Lipinski definition) is 0. The molecule has 3 unspecified atom stereocenters. The zero-order chi connectivity index (χ0) is 9.80. The molecule has 0 bridgehead atoms. The molecule has 14 heavy (non-hydrogen) atoms. The summed E-state index contributed by atoms with van der Waals surface area (Å²) in [5.41, 5.74) is 0. The molecule has 3 heteroatoms. The summed E-state index contributed by atoms with van der Waals surface area (Å²) in [4.78, 5) is 0.664. The molecule has 0 aromatic heterocycles. The fraction of sp³-hybridized carbons (Fsp3) is 1.00. The van der Waals surface area contributed by atoms with E-state index in [0.29, 0.717) is 16.8 Å². The Morgan fingerprint density at radius 3 is 2.79 bits per heavy atom. The Morgan fingerprint density at radius 1 is 1.14 bits per heavy atom. The Hall–Kier alpha value is 0.400. The van der Waals surface area contributed by atoms with Gasteiger partial charge in [-0.1, -0.05) is 15.9 Å². The van der Waals surface area contributed by atoms with Crippen molar-refractivity contribution >= 4 is 15.9 Å². The highest BCUT2D eigenvalue weighted by Gasteiger charge is 2.25. The van der Waals surface area contributed by atoms with Crippen LogP contribution in [-0.4, -0.2) is 30.8 Å². The molecule has 0 aromatic carbocycles. The fourth-order valence-electron chi connectivity index (χ4n) is 2.31. The molecule has 2 nitrogen and oxygen atoms in total. The first kappa shape index (κ1) is 10.9. The monoisotopic (exact) mass is 262 g/mol. The lowest BCUT2D eigenvalue weighted by Gasteiger charge is -2.28. The van der Waals surface area contributed by atoms with Crippen molar-refractivity contribution in [3.05, 3.63) is 0 Å². The second kappa shape index (κ2) is 5.47. The van der Waals surface area contributed by atoms with E-state index < -0.39 is 0 Å². The van der Waals surface area contributed by atoms with Gasteiger partial charge in [0.15, 0.2) is 0 Å². The van der Waals surface area contributed by atoms with Crippen molar-refractivity contribution in [1.29, 1.82) is 0 Å². The average molecular weight is 263 g/mol. The SMILES string of the molecule is BrC1CCOCC1CCC1CCCO1. The van der Waals surface area contributed by atoms with Gasteiger partial charge in [-0.3, -0.25) is 0 Å². The normalized spacial score (nSPS) is 38.8. The maximum Gasteiger partial charge on any atom is 0.0576 e. The molecule has 2 fully saturated rings. The molecular weight excluding hydrogens is 244 g/mol. The van der Waals surface area contributed by atoms with E-state index in [0.717, 1.165) is 26.2 Å². The third kappa shape index (κ3) is 2.94. The van der Waals surface area contributed by atoms with Gasteiger partial charge in [-0.25, -0.2) is 0 Å². The van der Waals surface area contributed by atoms with Crippen LogP contribution in [0.15, 0.2) is 0 Å². The van der Waals surface area contributed by atoms with Crippen LogP contribution >= 0.6 is 15.9 Å². The Labute approximate surface area is 94.5 Å². The molecule has 3 atom stereocenters. The zero-order valence-corrected chi connectivity index (χ0v) is 10.2. The minimum Gasteiger partial charge on any atom is -0.381 e. The van der Waals surface area contributed by atoms with E-state index >= 15 is 0 Å². The van der Waals surface area contributed by atoms with Gasteiger partial charge in [-0.15, -0.1) is 0 Å². The topological polar surface area (TPSA) is 18.5 Å². The van der Waals surface area contributed by atoms with Gasteiger partial charge in [0.2, 0.25) is 0 Å². The lowest BCUT2D eigenvalue weighted by molar-refractivity contribution is 0.0447. The van der Waals surface area contributed by atoms with Crippen LogP contribution in [0.25, 0.3) is 0 Å². The number of hydrogen-bond acceptors (Lipinski definition) is 2. The molecule has 0 aliphatic carbocycles. The number of rotatable bonds is 3. The smallest absolute Gasteiger partial charge is 0.0576 e. The van der Waals surface area contributed by atoms with Crippen LogP contribution in [0.2, 0.25) is 0 Å². The van der Waals surface area contributed by atoms with Crippen molar-refractivity contribution in [3.63, 3.8) is 0 Å². The van der Waals surface area contributed by atoms with Crippen LogP contribution in [0.4, 0.5) is 0 Å². The lowest BCUT2D eigenvalue weighted by Crippen LogP contribution is -2.28. The lowest BCUT2D eigenvalue weighted by atomic mass is 9.94. The van der Waals surface area contributed by atoms with Gasteiger partial charge in [0.1, 0.15) is 0 Å². The van der Waals surface area contributed by atoms with Crippen molar-refractivity contribution in [1.82, 2.24) is 0 Å². The molecule has 0 spiro atoms. The van der Waals surface area contributed by atoms with Crippen LogP contribution in [0.5, 0.6) is 0 Å². The summed E-state index contributed by atoms with van der Waals surface area (Å²) >= 11 is 3.74. The summed E-state index contributed by atoms with van der Waals surface area (Å²) < 4.78 is 11.1. The first-order chi connectivity index (χ1) is 6.86. The molecule has 2 aliphatic heterocycles. The van der Waals surface area contributed by atoms with E-state index in [9.17, 15) is 0 Å². The van der Waals surface area contributed by atoms with Crippen LogP contribution in [0.3, 0.4) is 0 Å². The van der Waals surface area contributed by atoms with Crippen LogP contribution < -0.4 is 0 Å². The van der Waals surface area contributed by atoms with Gasteiger partial charge in [0, 0.05) is 18.0 Å². The van der Waals surface area contributed by atoms with Gasteiger partial charge >= 0.3 is 0 Å². The second-order valence-corrected chi connectivity index (χ2v) is 5.53. The second-order valence-electron chi connectivity index (χ2n) is 4.35. The third-order valence-corrected chi connectivity index (χ3v) is 4.47. The summed E-state index contributed by atoms with van der Waals surface area (Å²) in [6.07, 6.45) is 6.69. The Balaban J connectivity index is 1.67. The van der Waals surface area contributed by atoms with E-state index in [1.807, 2.05) is 0 Å². The van der Waals surface area contributed by atoms with E-state index in [4.69, 9.17) is 9.47 Å². The van der Waals surface area contributed by atoms with Crippen LogP contribution in [0.1, 0.15) is 32.1 Å². The van der Waals surface area contributed by atoms with Crippen molar-refractivity contribution in [2.24, 2.45) is 5.92 Å². The maximum atomic E-state index is 5.62. The number of halogens is 1. The molecule has 0 amide bonds. The zero-order valence-electron chi connectivity index (χ0n) is 8.58. The summed E-state index contributed by atoms with van der Waals surface area (Å²) in [5.74, 6) is 0.702. The largest absolute Gasteiger partial charge is 0.381 e. The van der Waals surface area contributed by atoms with Gasteiger partial charge in [0.25, 0.3) is 0 Å². The third-order valence-electron chi connectivity index (χ3n) is 3.26. The average Bonchev–Trinajstić information content (AvgIpc) is 2.69. The van der Waals surface area contributed by atoms with Gasteiger partial charge < -0.3 is 9.47 Å². The van der Waals surface area contributed by atoms with E-state index in [2.05, 4.69) is 15.9 Å². The van der Waals surface area contributed by atoms with Gasteiger partial charge in [0.05, 0.1) is 12.7 Å². The van der Waals surface area contributed by atoms with E-state index in [-0.39, 0.29) is 0 Å². The van der Waals surface area contributed by atoms with Crippen LogP contribution in [-0.2, 0) is 9.47 Å². The summed E-state index contributed by atoms with van der Waals surface area (Å²) in [5, 5.41) is 0. The number of alkyl halides is 1. The summed E-state index contributed by atoms with van der Waals surface area (Å²) in [7, 11) is 0. The Morgan fingerprint density at radius 2 is 2.07 bits per heavy atom. The first-order valence-corrected chi connectivity index (χ1v) is 6.61. The minimum absolute atomic E-state index is 0.539. The highest BCUT2D eigenvalue weighted by Crippen LogP contribution is 2.28. The van der Waals surface area contributed by atoms with E-state index in [1.54, 1.807) is 0 Å². The maximum absolute atomic E-state index is 5.62. The van der Waals surface area contributed by atoms with Gasteiger partial charge in [-0.05, 0) is 38.0 Å².